The molecule has 0 saturated heterocycles. The average Bonchev–Trinajstić information content (AvgIpc) is 3.08. The number of carbonyl (C=O) groups is 2. The highest BCUT2D eigenvalue weighted by Crippen LogP contribution is 2.22. The van der Waals surface area contributed by atoms with Gasteiger partial charge < -0.3 is 11.1 Å². The number of nitrogens with one attached hydrogen (secondary N) is 1. The number of primary amides is 1. The van der Waals surface area contributed by atoms with E-state index < -0.39 is 5.91 Å². The van der Waals surface area contributed by atoms with Gasteiger partial charge in [0, 0.05) is 17.2 Å². The van der Waals surface area contributed by atoms with Crippen molar-refractivity contribution in [1.29, 1.82) is 0 Å². The lowest BCUT2D eigenvalue weighted by Crippen LogP contribution is -2.17. The molecule has 0 fully saturated rings. The van der Waals surface area contributed by atoms with Crippen LogP contribution in [0.2, 0.25) is 0 Å². The normalized spacial score (nSPS) is 11.2. The van der Waals surface area contributed by atoms with Gasteiger partial charge in [-0.05, 0) is 40.8 Å². The van der Waals surface area contributed by atoms with Gasteiger partial charge in [-0.3, -0.25) is 9.59 Å². The van der Waals surface area contributed by atoms with Gasteiger partial charge in [0.15, 0.2) is 0 Å². The lowest BCUT2D eigenvalue weighted by molar-refractivity contribution is 0.0995. The fourth-order valence-electron chi connectivity index (χ4n) is 2.82. The van der Waals surface area contributed by atoms with Crippen LogP contribution in [0.5, 0.6) is 0 Å². The summed E-state index contributed by atoms with van der Waals surface area (Å²) < 4.78 is 1.74. The number of amides is 2. The first-order valence-electron chi connectivity index (χ1n) is 9.06. The molecule has 144 valence electrons. The Morgan fingerprint density at radius 3 is 2.14 bits per heavy atom. The van der Waals surface area contributed by atoms with Crippen molar-refractivity contribution in [2.45, 2.75) is 32.7 Å². The minimum absolute atomic E-state index is 0.105. The summed E-state index contributed by atoms with van der Waals surface area (Å²) >= 11 is 0. The van der Waals surface area contributed by atoms with Crippen LogP contribution in [0.1, 0.15) is 52.6 Å². The van der Waals surface area contributed by atoms with E-state index in [0.717, 1.165) is 5.56 Å². The maximum atomic E-state index is 12.5. The van der Waals surface area contributed by atoms with Gasteiger partial charge in [0.1, 0.15) is 5.82 Å². The van der Waals surface area contributed by atoms with Gasteiger partial charge in [-0.25, -0.2) is 4.68 Å². The van der Waals surface area contributed by atoms with Crippen molar-refractivity contribution in [2.24, 2.45) is 5.73 Å². The molecule has 1 heterocycles. The molecule has 0 aliphatic heterocycles. The number of benzene rings is 2. The van der Waals surface area contributed by atoms with Crippen molar-refractivity contribution in [1.82, 2.24) is 9.78 Å². The van der Waals surface area contributed by atoms with E-state index >= 15 is 0 Å². The van der Waals surface area contributed by atoms with Crippen molar-refractivity contribution in [3.63, 3.8) is 0 Å². The molecule has 0 spiro atoms. The number of hydrogen-bond donors (Lipinski definition) is 2. The van der Waals surface area contributed by atoms with Crippen molar-refractivity contribution in [2.75, 3.05) is 5.32 Å². The van der Waals surface area contributed by atoms with E-state index in [1.807, 2.05) is 0 Å². The van der Waals surface area contributed by atoms with Gasteiger partial charge in [-0.2, -0.15) is 5.10 Å². The fourth-order valence-corrected chi connectivity index (χ4v) is 2.82. The van der Waals surface area contributed by atoms with Crippen LogP contribution in [0.3, 0.4) is 0 Å². The van der Waals surface area contributed by atoms with Crippen LogP contribution in [0.25, 0.3) is 0 Å². The lowest BCUT2D eigenvalue weighted by atomic mass is 9.87. The molecule has 3 N–H and O–H groups in total. The number of nitrogens with zero attached hydrogens (tertiary/aromatic N) is 2. The maximum absolute atomic E-state index is 12.5. The Balaban J connectivity index is 1.71. The predicted molar refractivity (Wildman–Crippen MR) is 109 cm³/mol. The Kier molecular flexibility index (Phi) is 5.31. The smallest absolute Gasteiger partial charge is 0.256 e. The highest BCUT2D eigenvalue weighted by molar-refractivity contribution is 6.04. The molecule has 2 aromatic carbocycles. The molecule has 0 bridgehead atoms. The number of rotatable bonds is 5. The van der Waals surface area contributed by atoms with E-state index in [2.05, 4.69) is 55.5 Å². The third-order valence-corrected chi connectivity index (χ3v) is 4.54. The number of carbonyl (C=O) groups excluding carboxylic acids is 2. The summed E-state index contributed by atoms with van der Waals surface area (Å²) in [4.78, 5) is 23.6. The molecule has 3 aromatic rings. The summed E-state index contributed by atoms with van der Waals surface area (Å²) in [6.07, 6.45) is 1.65. The van der Waals surface area contributed by atoms with Crippen LogP contribution in [0.15, 0.2) is 60.8 Å². The SMILES string of the molecule is CC(C)(C)c1ccc(Cn2nccc2NC(=O)c2ccc(C(N)=O)cc2)cc1. The summed E-state index contributed by atoms with van der Waals surface area (Å²) in [6.45, 7) is 7.09. The topological polar surface area (TPSA) is 90.0 Å². The maximum Gasteiger partial charge on any atom is 0.256 e. The minimum Gasteiger partial charge on any atom is -0.366 e. The summed E-state index contributed by atoms with van der Waals surface area (Å²) in [7, 11) is 0. The Hall–Kier alpha value is -3.41. The second-order valence-electron chi connectivity index (χ2n) is 7.72. The standard InChI is InChI=1S/C22H24N4O2/c1-22(2,3)18-10-4-15(5-11-18)14-26-19(12-13-24-26)25-21(28)17-8-6-16(7-9-17)20(23)27/h4-13H,14H2,1-3H3,(H2,23,27)(H,25,28). The lowest BCUT2D eigenvalue weighted by Gasteiger charge is -2.19. The van der Waals surface area contributed by atoms with Crippen LogP contribution in [0, 0.1) is 0 Å². The van der Waals surface area contributed by atoms with Crippen LogP contribution >= 0.6 is 0 Å². The average molecular weight is 376 g/mol. The van der Waals surface area contributed by atoms with Crippen molar-refractivity contribution >= 4 is 17.6 Å². The molecule has 0 unspecified atom stereocenters. The number of anilines is 1. The third kappa shape index (κ3) is 4.46. The van der Waals surface area contributed by atoms with E-state index in [9.17, 15) is 9.59 Å². The van der Waals surface area contributed by atoms with Gasteiger partial charge in [0.25, 0.3) is 5.91 Å². The second-order valence-corrected chi connectivity index (χ2v) is 7.72. The summed E-state index contributed by atoms with van der Waals surface area (Å²) in [5, 5.41) is 7.16. The molecule has 0 aliphatic carbocycles. The molecule has 0 saturated carbocycles. The summed E-state index contributed by atoms with van der Waals surface area (Å²) in [5.41, 5.74) is 8.49. The first-order chi connectivity index (χ1) is 13.2. The number of nitrogens with two attached hydrogens (primary N) is 1. The fraction of sp³-hybridized carbons (Fsp3) is 0.227. The quantitative estimate of drug-likeness (QED) is 0.713. The van der Waals surface area contributed by atoms with Crippen LogP contribution in [-0.4, -0.2) is 21.6 Å². The van der Waals surface area contributed by atoms with E-state index in [0.29, 0.717) is 23.5 Å². The van der Waals surface area contributed by atoms with Crippen molar-refractivity contribution in [3.05, 3.63) is 83.0 Å². The molecular weight excluding hydrogens is 352 g/mol. The predicted octanol–water partition coefficient (Wildman–Crippen LogP) is 3.58. The van der Waals surface area contributed by atoms with Gasteiger partial charge in [-0.1, -0.05) is 45.0 Å². The molecule has 3 rings (SSSR count). The zero-order valence-electron chi connectivity index (χ0n) is 16.3. The van der Waals surface area contributed by atoms with Gasteiger partial charge in [0.05, 0.1) is 12.7 Å². The Bertz CT molecular complexity index is 981. The molecule has 28 heavy (non-hydrogen) atoms. The molecule has 0 aliphatic rings. The highest BCUT2D eigenvalue weighted by atomic mass is 16.2. The van der Waals surface area contributed by atoms with E-state index in [4.69, 9.17) is 5.73 Å². The zero-order chi connectivity index (χ0) is 20.3. The number of hydrogen-bond acceptors (Lipinski definition) is 3. The van der Waals surface area contributed by atoms with Crippen molar-refractivity contribution < 1.29 is 9.59 Å². The van der Waals surface area contributed by atoms with Crippen LogP contribution in [0.4, 0.5) is 5.82 Å². The molecule has 0 atom stereocenters. The van der Waals surface area contributed by atoms with E-state index in [-0.39, 0.29) is 11.3 Å². The molecule has 0 radical (unpaired) electrons. The van der Waals surface area contributed by atoms with Gasteiger partial charge >= 0.3 is 0 Å². The zero-order valence-corrected chi connectivity index (χ0v) is 16.3. The Morgan fingerprint density at radius 2 is 1.57 bits per heavy atom. The van der Waals surface area contributed by atoms with Crippen LogP contribution < -0.4 is 11.1 Å². The van der Waals surface area contributed by atoms with Gasteiger partial charge in [-0.15, -0.1) is 0 Å². The highest BCUT2D eigenvalue weighted by Gasteiger charge is 2.14. The third-order valence-electron chi connectivity index (χ3n) is 4.54. The largest absolute Gasteiger partial charge is 0.366 e. The first-order valence-corrected chi connectivity index (χ1v) is 9.06. The Morgan fingerprint density at radius 1 is 0.964 bits per heavy atom. The molecule has 2 amide bonds. The molecule has 1 aromatic heterocycles. The van der Waals surface area contributed by atoms with Crippen molar-refractivity contribution in [3.8, 4) is 0 Å². The Labute approximate surface area is 164 Å². The monoisotopic (exact) mass is 376 g/mol. The van der Waals surface area contributed by atoms with Crippen LogP contribution in [-0.2, 0) is 12.0 Å². The van der Waals surface area contributed by atoms with Gasteiger partial charge in [0.2, 0.25) is 5.91 Å². The molecule has 6 heteroatoms. The van der Waals surface area contributed by atoms with E-state index in [1.54, 1.807) is 29.1 Å². The minimum atomic E-state index is -0.525. The summed E-state index contributed by atoms with van der Waals surface area (Å²) in [5.74, 6) is -0.202. The summed E-state index contributed by atoms with van der Waals surface area (Å²) in [6, 6.07) is 16.4. The molecular formula is C22H24N4O2. The first kappa shape index (κ1) is 19.4. The van der Waals surface area contributed by atoms with E-state index in [1.165, 1.54) is 17.7 Å². The number of aromatic nitrogens is 2. The second kappa shape index (κ2) is 7.68. The molecule has 6 nitrogen and oxygen atoms in total.